The van der Waals surface area contributed by atoms with Crippen molar-refractivity contribution in [2.24, 2.45) is 11.8 Å². The molecule has 0 saturated carbocycles. The smallest absolute Gasteiger partial charge is 0.309 e. The lowest BCUT2D eigenvalue weighted by Gasteiger charge is -2.30. The molecule has 0 spiro atoms. The van der Waals surface area contributed by atoms with Crippen LogP contribution in [-0.2, 0) is 34.4 Å². The van der Waals surface area contributed by atoms with Crippen LogP contribution in [0.5, 0.6) is 0 Å². The number of rotatable bonds is 5. The van der Waals surface area contributed by atoms with Crippen LogP contribution in [0, 0.1) is 11.8 Å². The van der Waals surface area contributed by atoms with E-state index in [1.165, 1.54) is 28.6 Å². The Kier molecular flexibility index (Phi) is 6.02. The second-order valence-electron chi connectivity index (χ2n) is 7.21. The fourth-order valence-corrected chi connectivity index (χ4v) is 6.87. The first-order valence-corrected chi connectivity index (χ1v) is 12.5. The molecule has 0 aliphatic carbocycles. The Morgan fingerprint density at radius 2 is 1.76 bits per heavy atom. The van der Waals surface area contributed by atoms with Gasteiger partial charge in [0.25, 0.3) is 0 Å². The normalized spacial score (nSPS) is 23.3. The van der Waals surface area contributed by atoms with E-state index < -0.39 is 31.9 Å². The van der Waals surface area contributed by atoms with Crippen molar-refractivity contribution >= 4 is 37.6 Å². The van der Waals surface area contributed by atoms with Crippen LogP contribution in [-0.4, -0.2) is 58.5 Å². The number of piperidine rings is 1. The molecule has 29 heavy (non-hydrogen) atoms. The predicted molar refractivity (Wildman–Crippen MR) is 105 cm³/mol. The van der Waals surface area contributed by atoms with Crippen LogP contribution in [0.2, 0.25) is 0 Å². The van der Waals surface area contributed by atoms with Crippen LogP contribution in [0.25, 0.3) is 0 Å². The highest BCUT2D eigenvalue weighted by Crippen LogP contribution is 2.30. The zero-order valence-corrected chi connectivity index (χ0v) is 17.9. The molecule has 1 aromatic carbocycles. The molecule has 2 aliphatic heterocycles. The summed E-state index contributed by atoms with van der Waals surface area (Å²) in [5.74, 6) is -2.04. The van der Waals surface area contributed by atoms with Crippen molar-refractivity contribution in [1.29, 1.82) is 0 Å². The van der Waals surface area contributed by atoms with Gasteiger partial charge >= 0.3 is 5.97 Å². The number of anilines is 1. The zero-order chi connectivity index (χ0) is 21.4. The monoisotopic (exact) mass is 444 g/mol. The maximum atomic E-state index is 12.9. The van der Waals surface area contributed by atoms with Crippen molar-refractivity contribution in [1.82, 2.24) is 4.31 Å². The standard InChI is InChI=1S/C18H24N2O7S2/c1-3-27-18(22)14-8-10-19(11-9-14)29(25,26)16-6-4-15(5-7-16)20-17(21)13(2)12-28(20,23)24/h4-7,13-14H,3,8-12H2,1-2H3. The summed E-state index contributed by atoms with van der Waals surface area (Å²) >= 11 is 0. The van der Waals surface area contributed by atoms with Gasteiger partial charge in [-0.15, -0.1) is 0 Å². The summed E-state index contributed by atoms with van der Waals surface area (Å²) < 4.78 is 57.2. The molecule has 3 rings (SSSR count). The first-order valence-electron chi connectivity index (χ1n) is 9.41. The van der Waals surface area contributed by atoms with Gasteiger partial charge in [-0.1, -0.05) is 6.92 Å². The van der Waals surface area contributed by atoms with Gasteiger partial charge in [-0.25, -0.2) is 21.1 Å². The van der Waals surface area contributed by atoms with Gasteiger partial charge < -0.3 is 4.74 Å². The van der Waals surface area contributed by atoms with Gasteiger partial charge in [0.15, 0.2) is 0 Å². The first kappa shape index (κ1) is 21.7. The van der Waals surface area contributed by atoms with Gasteiger partial charge in [0.2, 0.25) is 26.0 Å². The van der Waals surface area contributed by atoms with Crippen LogP contribution in [0.1, 0.15) is 26.7 Å². The van der Waals surface area contributed by atoms with E-state index >= 15 is 0 Å². The summed E-state index contributed by atoms with van der Waals surface area (Å²) in [5, 5.41) is 0. The van der Waals surface area contributed by atoms with Gasteiger partial charge in [0, 0.05) is 13.1 Å². The van der Waals surface area contributed by atoms with Crippen molar-refractivity contribution in [3.63, 3.8) is 0 Å². The Labute approximate surface area is 170 Å². The van der Waals surface area contributed by atoms with Crippen molar-refractivity contribution in [2.75, 3.05) is 29.8 Å². The molecule has 9 nitrogen and oxygen atoms in total. The number of amides is 1. The maximum absolute atomic E-state index is 12.9. The van der Waals surface area contributed by atoms with Gasteiger partial charge in [-0.05, 0) is 44.0 Å². The van der Waals surface area contributed by atoms with Crippen molar-refractivity contribution in [3.8, 4) is 0 Å². The minimum atomic E-state index is -3.79. The molecule has 0 N–H and O–H groups in total. The fourth-order valence-electron chi connectivity index (χ4n) is 3.58. The molecular weight excluding hydrogens is 420 g/mol. The average Bonchev–Trinajstić information content (AvgIpc) is 2.89. The molecule has 0 radical (unpaired) electrons. The lowest BCUT2D eigenvalue weighted by Crippen LogP contribution is -2.40. The van der Waals surface area contributed by atoms with Gasteiger partial charge in [0.05, 0.1) is 34.8 Å². The van der Waals surface area contributed by atoms with Crippen molar-refractivity contribution in [2.45, 2.75) is 31.6 Å². The SMILES string of the molecule is CCOC(=O)C1CCN(S(=O)(=O)c2ccc(N3C(=O)C(C)CS3(=O)=O)cc2)CC1. The lowest BCUT2D eigenvalue weighted by molar-refractivity contribution is -0.149. The van der Waals surface area contributed by atoms with E-state index in [1.807, 2.05) is 0 Å². The summed E-state index contributed by atoms with van der Waals surface area (Å²) in [7, 11) is -7.53. The van der Waals surface area contributed by atoms with Crippen LogP contribution in [0.4, 0.5) is 5.69 Å². The molecule has 2 aliphatic rings. The number of ether oxygens (including phenoxy) is 1. The Morgan fingerprint density at radius 3 is 2.24 bits per heavy atom. The molecule has 1 amide bonds. The molecule has 2 saturated heterocycles. The van der Waals surface area contributed by atoms with Crippen LogP contribution in [0.3, 0.4) is 0 Å². The Morgan fingerprint density at radius 1 is 1.17 bits per heavy atom. The highest BCUT2D eigenvalue weighted by Gasteiger charge is 2.42. The number of sulfonamides is 2. The number of benzene rings is 1. The molecule has 1 unspecified atom stereocenters. The number of hydrogen-bond donors (Lipinski definition) is 0. The highest BCUT2D eigenvalue weighted by atomic mass is 32.2. The molecule has 1 aromatic rings. The Hall–Kier alpha value is -1.98. The van der Waals surface area contributed by atoms with E-state index in [0.717, 1.165) is 4.31 Å². The van der Waals surface area contributed by atoms with E-state index in [4.69, 9.17) is 4.74 Å². The largest absolute Gasteiger partial charge is 0.466 e. The molecule has 0 bridgehead atoms. The van der Waals surface area contributed by atoms with E-state index in [0.29, 0.717) is 12.8 Å². The lowest BCUT2D eigenvalue weighted by atomic mass is 9.98. The third-order valence-corrected chi connectivity index (χ3v) is 8.92. The third kappa shape index (κ3) is 4.17. The third-order valence-electron chi connectivity index (χ3n) is 5.14. The zero-order valence-electron chi connectivity index (χ0n) is 16.3. The molecule has 0 aromatic heterocycles. The van der Waals surface area contributed by atoms with Gasteiger partial charge in [-0.3, -0.25) is 9.59 Å². The molecule has 160 valence electrons. The average molecular weight is 445 g/mol. The maximum Gasteiger partial charge on any atom is 0.309 e. The quantitative estimate of drug-likeness (QED) is 0.621. The second kappa shape index (κ2) is 8.04. The number of carbonyl (C=O) groups is 2. The van der Waals surface area contributed by atoms with Gasteiger partial charge in [0.1, 0.15) is 0 Å². The summed E-state index contributed by atoms with van der Waals surface area (Å²) in [6.45, 7) is 3.95. The minimum absolute atomic E-state index is 0.00734. The molecule has 1 atom stereocenters. The summed E-state index contributed by atoms with van der Waals surface area (Å²) in [6, 6.07) is 5.25. The first-order chi connectivity index (χ1) is 13.6. The highest BCUT2D eigenvalue weighted by molar-refractivity contribution is 7.94. The summed E-state index contributed by atoms with van der Waals surface area (Å²) in [6.07, 6.45) is 0.767. The number of carbonyl (C=O) groups excluding carboxylic acids is 2. The summed E-state index contributed by atoms with van der Waals surface area (Å²) in [5.41, 5.74) is 0.124. The predicted octanol–water partition coefficient (Wildman–Crippen LogP) is 0.963. The van der Waals surface area contributed by atoms with Crippen LogP contribution < -0.4 is 4.31 Å². The molecule has 2 fully saturated rings. The second-order valence-corrected chi connectivity index (χ2v) is 11.0. The topological polar surface area (TPSA) is 118 Å². The van der Waals surface area contributed by atoms with E-state index in [1.54, 1.807) is 13.8 Å². The number of hydrogen-bond acceptors (Lipinski definition) is 7. The van der Waals surface area contributed by atoms with E-state index in [9.17, 15) is 26.4 Å². The molecule has 11 heteroatoms. The van der Waals surface area contributed by atoms with Crippen molar-refractivity contribution < 1.29 is 31.2 Å². The fraction of sp³-hybridized carbons (Fsp3) is 0.556. The van der Waals surface area contributed by atoms with Gasteiger partial charge in [-0.2, -0.15) is 4.31 Å². The number of esters is 1. The molecule has 2 heterocycles. The van der Waals surface area contributed by atoms with Crippen LogP contribution >= 0.6 is 0 Å². The van der Waals surface area contributed by atoms with Crippen LogP contribution in [0.15, 0.2) is 29.2 Å². The van der Waals surface area contributed by atoms with Crippen molar-refractivity contribution in [3.05, 3.63) is 24.3 Å². The summed E-state index contributed by atoms with van der Waals surface area (Å²) in [4.78, 5) is 24.0. The minimum Gasteiger partial charge on any atom is -0.466 e. The molecular formula is C18H24N2O7S2. The Bertz CT molecular complexity index is 995. The number of nitrogens with zero attached hydrogens (tertiary/aromatic N) is 2. The van der Waals surface area contributed by atoms with E-state index in [-0.39, 0.29) is 47.9 Å². The Balaban J connectivity index is 1.75. The van der Waals surface area contributed by atoms with E-state index in [2.05, 4.69) is 0 Å².